The molecule has 2 rings (SSSR count). The van der Waals surface area contributed by atoms with E-state index in [1.807, 2.05) is 61.5 Å². The van der Waals surface area contributed by atoms with E-state index in [1.165, 1.54) is 0 Å². The van der Waals surface area contributed by atoms with E-state index in [9.17, 15) is 4.79 Å². The highest BCUT2D eigenvalue weighted by Crippen LogP contribution is 2.07. The summed E-state index contributed by atoms with van der Waals surface area (Å²) in [5, 5.41) is 9.21. The molecule has 0 aliphatic carbocycles. The van der Waals surface area contributed by atoms with Crippen LogP contribution in [0, 0.1) is 6.92 Å². The molecule has 0 bridgehead atoms. The molecule has 0 aliphatic rings. The van der Waals surface area contributed by atoms with Crippen LogP contribution in [0.4, 0.5) is 0 Å². The zero-order valence-electron chi connectivity index (χ0n) is 15.7. The molecular formula is C20H27IN4O2. The topological polar surface area (TPSA) is 74.8 Å². The molecule has 0 saturated carbocycles. The molecule has 0 unspecified atom stereocenters. The third-order valence-corrected chi connectivity index (χ3v) is 3.61. The number of guanidine groups is 1. The van der Waals surface area contributed by atoms with E-state index in [2.05, 4.69) is 20.9 Å². The maximum absolute atomic E-state index is 12.1. The minimum Gasteiger partial charge on any atom is -0.492 e. The molecule has 2 aromatic carbocycles. The van der Waals surface area contributed by atoms with Crippen LogP contribution in [0.1, 0.15) is 15.9 Å². The molecule has 7 heteroatoms. The lowest BCUT2D eigenvalue weighted by atomic mass is 10.1. The van der Waals surface area contributed by atoms with Crippen LogP contribution in [0.25, 0.3) is 0 Å². The van der Waals surface area contributed by atoms with Crippen molar-refractivity contribution in [1.29, 1.82) is 0 Å². The number of amides is 1. The smallest absolute Gasteiger partial charge is 0.251 e. The average Bonchev–Trinajstić information content (AvgIpc) is 2.67. The predicted octanol–water partition coefficient (Wildman–Crippen LogP) is 2.59. The number of ether oxygens (including phenoxy) is 1. The quantitative estimate of drug-likeness (QED) is 0.234. The first-order valence-corrected chi connectivity index (χ1v) is 8.66. The van der Waals surface area contributed by atoms with Gasteiger partial charge < -0.3 is 20.7 Å². The fourth-order valence-corrected chi connectivity index (χ4v) is 2.32. The van der Waals surface area contributed by atoms with Gasteiger partial charge in [-0.05, 0) is 31.2 Å². The molecular weight excluding hydrogens is 455 g/mol. The minimum absolute atomic E-state index is 0. The highest BCUT2D eigenvalue weighted by atomic mass is 127. The molecule has 0 atom stereocenters. The summed E-state index contributed by atoms with van der Waals surface area (Å²) in [6.45, 7) is 4.22. The summed E-state index contributed by atoms with van der Waals surface area (Å²) in [4.78, 5) is 16.2. The van der Waals surface area contributed by atoms with Gasteiger partial charge in [-0.1, -0.05) is 35.9 Å². The van der Waals surface area contributed by atoms with Gasteiger partial charge in [0.25, 0.3) is 5.91 Å². The Kier molecular flexibility index (Phi) is 10.9. The Bertz CT molecular complexity index is 723. The van der Waals surface area contributed by atoms with Crippen molar-refractivity contribution < 1.29 is 9.53 Å². The summed E-state index contributed by atoms with van der Waals surface area (Å²) in [6, 6.07) is 17.2. The number of carbonyl (C=O) groups excluding carboxylic acids is 1. The van der Waals surface area contributed by atoms with E-state index >= 15 is 0 Å². The summed E-state index contributed by atoms with van der Waals surface area (Å²) < 4.78 is 5.61. The Balaban J connectivity index is 0.00000364. The summed E-state index contributed by atoms with van der Waals surface area (Å²) in [5.74, 6) is 1.44. The number of benzene rings is 2. The summed E-state index contributed by atoms with van der Waals surface area (Å²) in [6.07, 6.45) is 0. The molecule has 6 nitrogen and oxygen atoms in total. The number of hydrogen-bond donors (Lipinski definition) is 3. The highest BCUT2D eigenvalue weighted by molar-refractivity contribution is 14.0. The van der Waals surface area contributed by atoms with Gasteiger partial charge in [0.15, 0.2) is 5.96 Å². The van der Waals surface area contributed by atoms with Gasteiger partial charge in [-0.3, -0.25) is 9.79 Å². The van der Waals surface area contributed by atoms with E-state index in [1.54, 1.807) is 7.05 Å². The van der Waals surface area contributed by atoms with Crippen molar-refractivity contribution in [3.8, 4) is 5.75 Å². The van der Waals surface area contributed by atoms with Crippen LogP contribution in [0.2, 0.25) is 0 Å². The van der Waals surface area contributed by atoms with Gasteiger partial charge in [-0.2, -0.15) is 0 Å². The van der Waals surface area contributed by atoms with E-state index in [4.69, 9.17) is 4.74 Å². The zero-order valence-corrected chi connectivity index (χ0v) is 18.0. The van der Waals surface area contributed by atoms with Gasteiger partial charge in [0.2, 0.25) is 0 Å². The van der Waals surface area contributed by atoms with Gasteiger partial charge in [-0.15, -0.1) is 24.0 Å². The van der Waals surface area contributed by atoms with Crippen molar-refractivity contribution in [2.75, 3.05) is 33.3 Å². The molecule has 2 aromatic rings. The highest BCUT2D eigenvalue weighted by Gasteiger charge is 2.04. The third kappa shape index (κ3) is 8.76. The molecule has 27 heavy (non-hydrogen) atoms. The second-order valence-corrected chi connectivity index (χ2v) is 5.71. The van der Waals surface area contributed by atoms with Crippen molar-refractivity contribution in [3.05, 3.63) is 65.7 Å². The van der Waals surface area contributed by atoms with Gasteiger partial charge in [-0.25, -0.2) is 0 Å². The van der Waals surface area contributed by atoms with E-state index in [0.29, 0.717) is 37.8 Å². The van der Waals surface area contributed by atoms with Crippen molar-refractivity contribution >= 4 is 35.8 Å². The number of hydrogen-bond acceptors (Lipinski definition) is 3. The Hall–Kier alpha value is -2.29. The van der Waals surface area contributed by atoms with Gasteiger partial charge >= 0.3 is 0 Å². The van der Waals surface area contributed by atoms with Crippen molar-refractivity contribution in [2.45, 2.75) is 6.92 Å². The molecule has 0 saturated heterocycles. The second-order valence-electron chi connectivity index (χ2n) is 5.71. The monoisotopic (exact) mass is 482 g/mol. The lowest BCUT2D eigenvalue weighted by Gasteiger charge is -2.13. The number of nitrogens with one attached hydrogen (secondary N) is 3. The number of halogens is 1. The van der Waals surface area contributed by atoms with Crippen molar-refractivity contribution in [1.82, 2.24) is 16.0 Å². The summed E-state index contributed by atoms with van der Waals surface area (Å²) >= 11 is 0. The molecule has 0 fully saturated rings. The Labute approximate surface area is 177 Å². The first-order chi connectivity index (χ1) is 12.7. The third-order valence-electron chi connectivity index (χ3n) is 3.61. The van der Waals surface area contributed by atoms with E-state index in [-0.39, 0.29) is 29.9 Å². The molecule has 3 N–H and O–H groups in total. The van der Waals surface area contributed by atoms with Gasteiger partial charge in [0.05, 0.1) is 6.54 Å². The first kappa shape index (κ1) is 22.8. The molecule has 0 aromatic heterocycles. The summed E-state index contributed by atoms with van der Waals surface area (Å²) in [5.41, 5.74) is 1.74. The van der Waals surface area contributed by atoms with E-state index < -0.39 is 0 Å². The largest absolute Gasteiger partial charge is 0.492 e. The number of para-hydroxylation sites is 1. The SMILES string of the molecule is CN=C(NCCNC(=O)c1cccc(C)c1)NCCOc1ccccc1.I. The van der Waals surface area contributed by atoms with E-state index in [0.717, 1.165) is 11.3 Å². The van der Waals surface area contributed by atoms with Crippen LogP contribution in [-0.2, 0) is 0 Å². The predicted molar refractivity (Wildman–Crippen MR) is 120 cm³/mol. The van der Waals surface area contributed by atoms with Crippen LogP contribution < -0.4 is 20.7 Å². The van der Waals surface area contributed by atoms with Gasteiger partial charge in [0, 0.05) is 25.7 Å². The first-order valence-electron chi connectivity index (χ1n) is 8.66. The number of carbonyl (C=O) groups is 1. The normalized spacial score (nSPS) is 10.5. The van der Waals surface area contributed by atoms with Crippen LogP contribution in [0.5, 0.6) is 5.75 Å². The Morgan fingerprint density at radius 3 is 2.37 bits per heavy atom. The fraction of sp³-hybridized carbons (Fsp3) is 0.300. The molecule has 1 amide bonds. The van der Waals surface area contributed by atoms with Gasteiger partial charge in [0.1, 0.15) is 12.4 Å². The second kappa shape index (κ2) is 13.0. The lowest BCUT2D eigenvalue weighted by molar-refractivity contribution is 0.0954. The van der Waals surface area contributed by atoms with Crippen LogP contribution >= 0.6 is 24.0 Å². The fourth-order valence-electron chi connectivity index (χ4n) is 2.32. The zero-order chi connectivity index (χ0) is 18.6. The number of nitrogens with zero attached hydrogens (tertiary/aromatic N) is 1. The summed E-state index contributed by atoms with van der Waals surface area (Å²) in [7, 11) is 1.71. The molecule has 0 radical (unpaired) electrons. The average molecular weight is 482 g/mol. The van der Waals surface area contributed by atoms with Crippen LogP contribution in [0.3, 0.4) is 0 Å². The standard InChI is InChI=1S/C20H26N4O2.HI/c1-16-7-6-8-17(15-16)19(25)22-11-12-23-20(21-2)24-13-14-26-18-9-4-3-5-10-18;/h3-10,15H,11-14H2,1-2H3,(H,22,25)(H2,21,23,24);1H. The van der Waals surface area contributed by atoms with Crippen LogP contribution in [-0.4, -0.2) is 45.2 Å². The lowest BCUT2D eigenvalue weighted by Crippen LogP contribution is -2.42. The Morgan fingerprint density at radius 1 is 0.963 bits per heavy atom. The molecule has 0 aliphatic heterocycles. The number of aliphatic imine (C=N–C) groups is 1. The van der Waals surface area contributed by atoms with Crippen LogP contribution in [0.15, 0.2) is 59.6 Å². The molecule has 146 valence electrons. The van der Waals surface area contributed by atoms with Crippen molar-refractivity contribution in [3.63, 3.8) is 0 Å². The maximum atomic E-state index is 12.1. The van der Waals surface area contributed by atoms with Crippen molar-refractivity contribution in [2.24, 2.45) is 4.99 Å². The minimum atomic E-state index is -0.0743. The Morgan fingerprint density at radius 2 is 1.67 bits per heavy atom. The molecule has 0 heterocycles. The molecule has 0 spiro atoms. The number of rotatable bonds is 8. The number of aryl methyl sites for hydroxylation is 1. The maximum Gasteiger partial charge on any atom is 0.251 e.